The summed E-state index contributed by atoms with van der Waals surface area (Å²) < 4.78 is 5.95. The highest BCUT2D eigenvalue weighted by Crippen LogP contribution is 2.37. The van der Waals surface area contributed by atoms with Gasteiger partial charge in [0.25, 0.3) is 5.91 Å². The number of aromatic nitrogens is 1. The highest BCUT2D eigenvalue weighted by atomic mass is 32.1. The first-order valence-electron chi connectivity index (χ1n) is 6.68. The topological polar surface area (TPSA) is 115 Å². The molecule has 1 amide bonds. The van der Waals surface area contributed by atoms with Gasteiger partial charge in [0.1, 0.15) is 17.6 Å². The number of benzene rings is 1. The van der Waals surface area contributed by atoms with Gasteiger partial charge in [0, 0.05) is 16.5 Å². The lowest BCUT2D eigenvalue weighted by Gasteiger charge is -2.02. The van der Waals surface area contributed by atoms with E-state index in [0.717, 1.165) is 15.1 Å². The number of anilines is 1. The summed E-state index contributed by atoms with van der Waals surface area (Å²) in [7, 11) is 0. The van der Waals surface area contributed by atoms with Gasteiger partial charge in [-0.3, -0.25) is 4.79 Å². The largest absolute Gasteiger partial charge is 0.479 e. The number of rotatable bonds is 4. The van der Waals surface area contributed by atoms with Crippen molar-refractivity contribution in [2.45, 2.75) is 0 Å². The molecule has 6 nitrogen and oxygen atoms in total. The lowest BCUT2D eigenvalue weighted by molar-refractivity contribution is 0.100. The number of hydrogen-bond acceptors (Lipinski definition) is 6. The summed E-state index contributed by atoms with van der Waals surface area (Å²) in [5.74, 6) is 0.452. The van der Waals surface area contributed by atoms with Gasteiger partial charge >= 0.3 is 0 Å². The fourth-order valence-corrected chi connectivity index (χ4v) is 3.38. The number of primary amides is 1. The van der Waals surface area contributed by atoms with Gasteiger partial charge in [0.2, 0.25) is 0 Å². The van der Waals surface area contributed by atoms with Crippen LogP contribution in [0.25, 0.3) is 20.5 Å². The van der Waals surface area contributed by atoms with E-state index < -0.39 is 5.91 Å². The van der Waals surface area contributed by atoms with E-state index >= 15 is 0 Å². The van der Waals surface area contributed by atoms with E-state index in [4.69, 9.17) is 21.5 Å². The number of amides is 1. The summed E-state index contributed by atoms with van der Waals surface area (Å²) in [5.41, 5.74) is 12.6. The van der Waals surface area contributed by atoms with Crippen molar-refractivity contribution in [1.29, 1.82) is 5.26 Å². The summed E-state index contributed by atoms with van der Waals surface area (Å²) in [5, 5.41) is 9.22. The number of nitriles is 1. The second-order valence-electron chi connectivity index (χ2n) is 4.75. The van der Waals surface area contributed by atoms with Crippen LogP contribution >= 0.6 is 11.3 Å². The van der Waals surface area contributed by atoms with E-state index in [-0.39, 0.29) is 6.61 Å². The second kappa shape index (κ2) is 5.94. The number of fused-ring (bicyclic) bond motifs is 1. The van der Waals surface area contributed by atoms with Crippen LogP contribution in [-0.2, 0) is 0 Å². The van der Waals surface area contributed by atoms with Crippen molar-refractivity contribution in [3.63, 3.8) is 0 Å². The van der Waals surface area contributed by atoms with E-state index in [9.17, 15) is 4.79 Å². The molecular formula is C16H12N4O2S. The van der Waals surface area contributed by atoms with Gasteiger partial charge in [-0.1, -0.05) is 0 Å². The zero-order valence-corrected chi connectivity index (χ0v) is 12.8. The summed E-state index contributed by atoms with van der Waals surface area (Å²) in [6.07, 6.45) is 1.40. The number of thiophene rings is 1. The standard InChI is InChI=1S/C16H12N4O2S/c17-5-6-22-10-3-1-9(2-4-10)13-7-11-14(23-13)12(16(19)21)8-20-15(11)18/h1-4,7-8H,6H2,(H2,18,20)(H2,19,21). The van der Waals surface area contributed by atoms with E-state index in [2.05, 4.69) is 4.98 Å². The monoisotopic (exact) mass is 324 g/mol. The number of ether oxygens (including phenoxy) is 1. The molecule has 0 aliphatic rings. The van der Waals surface area contributed by atoms with E-state index in [1.54, 1.807) is 12.1 Å². The number of nitrogen functional groups attached to an aromatic ring is 1. The average Bonchev–Trinajstić information content (AvgIpc) is 2.99. The number of nitrogens with zero attached hydrogens (tertiary/aromatic N) is 2. The van der Waals surface area contributed by atoms with E-state index in [0.29, 0.717) is 22.5 Å². The molecule has 2 heterocycles. The van der Waals surface area contributed by atoms with Crippen molar-refractivity contribution in [2.75, 3.05) is 12.3 Å². The number of nitrogens with two attached hydrogens (primary N) is 2. The first-order valence-corrected chi connectivity index (χ1v) is 7.50. The normalized spacial score (nSPS) is 10.4. The molecule has 2 aromatic heterocycles. The Morgan fingerprint density at radius 1 is 1.35 bits per heavy atom. The minimum absolute atomic E-state index is 0.00636. The van der Waals surface area contributed by atoms with Gasteiger partial charge in [0.15, 0.2) is 6.61 Å². The van der Waals surface area contributed by atoms with Gasteiger partial charge in [0.05, 0.1) is 10.3 Å². The maximum absolute atomic E-state index is 11.5. The number of carbonyl (C=O) groups is 1. The third kappa shape index (κ3) is 2.80. The van der Waals surface area contributed by atoms with Gasteiger partial charge in [-0.2, -0.15) is 5.26 Å². The third-order valence-corrected chi connectivity index (χ3v) is 4.51. The smallest absolute Gasteiger partial charge is 0.251 e. The van der Waals surface area contributed by atoms with Gasteiger partial charge in [-0.25, -0.2) is 4.98 Å². The SMILES string of the molecule is N#CCOc1ccc(-c2cc3c(N)ncc(C(N)=O)c3s2)cc1. The van der Waals surface area contributed by atoms with Crippen LogP contribution in [-0.4, -0.2) is 17.5 Å². The van der Waals surface area contributed by atoms with Crippen molar-refractivity contribution < 1.29 is 9.53 Å². The number of pyridine rings is 1. The molecule has 1 aromatic carbocycles. The van der Waals surface area contributed by atoms with Crippen molar-refractivity contribution in [2.24, 2.45) is 5.73 Å². The molecule has 114 valence electrons. The van der Waals surface area contributed by atoms with E-state index in [1.165, 1.54) is 17.5 Å². The quantitative estimate of drug-likeness (QED) is 0.765. The fraction of sp³-hybridized carbons (Fsp3) is 0.0625. The Bertz CT molecular complexity index is 926. The predicted molar refractivity (Wildman–Crippen MR) is 89.1 cm³/mol. The summed E-state index contributed by atoms with van der Waals surface area (Å²) >= 11 is 1.43. The van der Waals surface area contributed by atoms with Crippen LogP contribution in [0, 0.1) is 11.3 Å². The molecule has 0 saturated heterocycles. The molecule has 0 radical (unpaired) electrons. The minimum atomic E-state index is -0.531. The molecule has 0 fully saturated rings. The molecule has 0 atom stereocenters. The lowest BCUT2D eigenvalue weighted by atomic mass is 10.1. The van der Waals surface area contributed by atoms with Crippen LogP contribution in [0.4, 0.5) is 5.82 Å². The molecular weight excluding hydrogens is 312 g/mol. The predicted octanol–water partition coefficient (Wildman–Crippen LogP) is 2.55. The molecule has 3 rings (SSSR count). The molecule has 3 aromatic rings. The molecule has 0 bridgehead atoms. The Labute approximate surface area is 135 Å². The van der Waals surface area contributed by atoms with Crippen molar-refractivity contribution in [1.82, 2.24) is 4.98 Å². The Morgan fingerprint density at radius 3 is 2.74 bits per heavy atom. The molecule has 23 heavy (non-hydrogen) atoms. The molecule has 0 aliphatic heterocycles. The molecule has 7 heteroatoms. The van der Waals surface area contributed by atoms with Crippen molar-refractivity contribution >= 4 is 33.1 Å². The Balaban J connectivity index is 2.04. The van der Waals surface area contributed by atoms with E-state index in [1.807, 2.05) is 24.3 Å². The Morgan fingerprint density at radius 2 is 2.09 bits per heavy atom. The van der Waals surface area contributed by atoms with Crippen LogP contribution in [0.15, 0.2) is 36.5 Å². The van der Waals surface area contributed by atoms with Gasteiger partial charge < -0.3 is 16.2 Å². The minimum Gasteiger partial charge on any atom is -0.479 e. The Hall–Kier alpha value is -3.11. The third-order valence-electron chi connectivity index (χ3n) is 3.29. The zero-order valence-electron chi connectivity index (χ0n) is 11.9. The maximum atomic E-state index is 11.5. The summed E-state index contributed by atoms with van der Waals surface area (Å²) in [4.78, 5) is 16.5. The highest BCUT2D eigenvalue weighted by molar-refractivity contribution is 7.22. The summed E-state index contributed by atoms with van der Waals surface area (Å²) in [6.45, 7) is 0.00636. The van der Waals surface area contributed by atoms with Crippen LogP contribution in [0.3, 0.4) is 0 Å². The zero-order chi connectivity index (χ0) is 16.4. The molecule has 0 aliphatic carbocycles. The van der Waals surface area contributed by atoms with Crippen LogP contribution in [0.2, 0.25) is 0 Å². The first-order chi connectivity index (χ1) is 11.1. The van der Waals surface area contributed by atoms with Gasteiger partial charge in [-0.15, -0.1) is 11.3 Å². The molecule has 0 spiro atoms. The van der Waals surface area contributed by atoms with Crippen LogP contribution in [0.5, 0.6) is 5.75 Å². The van der Waals surface area contributed by atoms with Gasteiger partial charge in [-0.05, 0) is 35.9 Å². The maximum Gasteiger partial charge on any atom is 0.251 e. The summed E-state index contributed by atoms with van der Waals surface area (Å²) in [6, 6.07) is 11.1. The van der Waals surface area contributed by atoms with Crippen molar-refractivity contribution in [3.05, 3.63) is 42.1 Å². The fourth-order valence-electron chi connectivity index (χ4n) is 2.19. The first kappa shape index (κ1) is 14.8. The second-order valence-corrected chi connectivity index (χ2v) is 5.80. The number of hydrogen-bond donors (Lipinski definition) is 2. The Kier molecular flexibility index (Phi) is 3.83. The average molecular weight is 324 g/mol. The lowest BCUT2D eigenvalue weighted by Crippen LogP contribution is -2.11. The van der Waals surface area contributed by atoms with Crippen LogP contribution < -0.4 is 16.2 Å². The van der Waals surface area contributed by atoms with Crippen LogP contribution in [0.1, 0.15) is 10.4 Å². The van der Waals surface area contributed by atoms with Crippen molar-refractivity contribution in [3.8, 4) is 22.3 Å². The molecule has 0 unspecified atom stereocenters. The molecule has 4 N–H and O–H groups in total. The molecule has 0 saturated carbocycles. The highest BCUT2D eigenvalue weighted by Gasteiger charge is 2.14. The number of carbonyl (C=O) groups excluding carboxylic acids is 1.